The first-order valence-electron chi connectivity index (χ1n) is 8.65. The second-order valence-corrected chi connectivity index (χ2v) is 6.76. The second kappa shape index (κ2) is 6.21. The van der Waals surface area contributed by atoms with Crippen molar-refractivity contribution < 1.29 is 0 Å². The first-order valence-corrected chi connectivity index (χ1v) is 8.65. The average Bonchev–Trinajstić information content (AvgIpc) is 2.97. The van der Waals surface area contributed by atoms with Crippen LogP contribution < -0.4 is 5.32 Å². The minimum absolute atomic E-state index is 0.646. The molecule has 0 saturated carbocycles. The molecule has 0 aliphatic carbocycles. The van der Waals surface area contributed by atoms with Gasteiger partial charge in [0.2, 0.25) is 0 Å². The molecular formula is C21H24N2. The van der Waals surface area contributed by atoms with Gasteiger partial charge in [-0.1, -0.05) is 48.0 Å². The van der Waals surface area contributed by atoms with Gasteiger partial charge < -0.3 is 9.88 Å². The second-order valence-electron chi connectivity index (χ2n) is 6.76. The molecule has 1 fully saturated rings. The number of piperidine rings is 1. The van der Waals surface area contributed by atoms with Gasteiger partial charge in [-0.15, -0.1) is 0 Å². The molecule has 1 saturated heterocycles. The van der Waals surface area contributed by atoms with Crippen LogP contribution in [-0.4, -0.2) is 17.7 Å². The summed E-state index contributed by atoms with van der Waals surface area (Å²) in [6, 6.07) is 17.7. The van der Waals surface area contributed by atoms with Gasteiger partial charge in [0.1, 0.15) is 0 Å². The molecule has 1 aromatic heterocycles. The van der Waals surface area contributed by atoms with Crippen LogP contribution in [0, 0.1) is 6.92 Å². The van der Waals surface area contributed by atoms with Crippen molar-refractivity contribution in [1.29, 1.82) is 0 Å². The van der Waals surface area contributed by atoms with E-state index in [0.29, 0.717) is 5.92 Å². The Morgan fingerprint density at radius 1 is 1.09 bits per heavy atom. The van der Waals surface area contributed by atoms with Crippen LogP contribution in [0.15, 0.2) is 54.7 Å². The summed E-state index contributed by atoms with van der Waals surface area (Å²) in [7, 11) is 0. The Morgan fingerprint density at radius 2 is 1.91 bits per heavy atom. The van der Waals surface area contributed by atoms with Crippen molar-refractivity contribution in [3.63, 3.8) is 0 Å². The molecule has 2 heterocycles. The summed E-state index contributed by atoms with van der Waals surface area (Å²) in [5.74, 6) is 0.646. The maximum absolute atomic E-state index is 3.55. The standard InChI is InChI=1S/C21H24N2/c1-16-8-10-17(11-9-16)14-23-15-20(18-5-4-12-22-13-18)19-6-2-3-7-21(19)23/h2-3,6-11,15,18,22H,4-5,12-14H2,1H3. The average molecular weight is 304 g/mol. The molecule has 0 bridgehead atoms. The van der Waals surface area contributed by atoms with Crippen LogP contribution >= 0.6 is 0 Å². The van der Waals surface area contributed by atoms with Crippen LogP contribution in [0.4, 0.5) is 0 Å². The topological polar surface area (TPSA) is 17.0 Å². The van der Waals surface area contributed by atoms with Crippen molar-refractivity contribution >= 4 is 10.9 Å². The quantitative estimate of drug-likeness (QED) is 0.755. The molecule has 2 aromatic carbocycles. The summed E-state index contributed by atoms with van der Waals surface area (Å²) in [5.41, 5.74) is 5.55. The largest absolute Gasteiger partial charge is 0.343 e. The zero-order chi connectivity index (χ0) is 15.6. The van der Waals surface area contributed by atoms with E-state index >= 15 is 0 Å². The van der Waals surface area contributed by atoms with Crippen molar-refractivity contribution in [3.8, 4) is 0 Å². The van der Waals surface area contributed by atoms with E-state index < -0.39 is 0 Å². The number of hydrogen-bond acceptors (Lipinski definition) is 1. The van der Waals surface area contributed by atoms with Gasteiger partial charge in [-0.05, 0) is 49.4 Å². The summed E-state index contributed by atoms with van der Waals surface area (Å²) >= 11 is 0. The van der Waals surface area contributed by atoms with E-state index in [4.69, 9.17) is 0 Å². The highest BCUT2D eigenvalue weighted by molar-refractivity contribution is 5.84. The van der Waals surface area contributed by atoms with Gasteiger partial charge in [0.25, 0.3) is 0 Å². The van der Waals surface area contributed by atoms with E-state index in [1.165, 1.54) is 47.0 Å². The smallest absolute Gasteiger partial charge is 0.0486 e. The third-order valence-corrected chi connectivity index (χ3v) is 5.03. The minimum atomic E-state index is 0.646. The van der Waals surface area contributed by atoms with Crippen molar-refractivity contribution in [2.45, 2.75) is 32.2 Å². The first-order chi connectivity index (χ1) is 11.3. The van der Waals surface area contributed by atoms with Crippen LogP contribution in [0.3, 0.4) is 0 Å². The van der Waals surface area contributed by atoms with Gasteiger partial charge in [-0.2, -0.15) is 0 Å². The Labute approximate surface area is 138 Å². The molecule has 118 valence electrons. The summed E-state index contributed by atoms with van der Waals surface area (Å²) < 4.78 is 2.42. The summed E-state index contributed by atoms with van der Waals surface area (Å²) in [4.78, 5) is 0. The molecule has 1 atom stereocenters. The monoisotopic (exact) mass is 304 g/mol. The van der Waals surface area contributed by atoms with Gasteiger partial charge in [0, 0.05) is 30.2 Å². The third-order valence-electron chi connectivity index (χ3n) is 5.03. The Morgan fingerprint density at radius 3 is 2.70 bits per heavy atom. The summed E-state index contributed by atoms with van der Waals surface area (Å²) in [5, 5.41) is 4.98. The lowest BCUT2D eigenvalue weighted by Gasteiger charge is -2.22. The molecule has 2 heteroatoms. The van der Waals surface area contributed by atoms with Crippen LogP contribution in [0.5, 0.6) is 0 Å². The Bertz CT molecular complexity index is 792. The van der Waals surface area contributed by atoms with E-state index in [2.05, 4.69) is 71.5 Å². The number of hydrogen-bond donors (Lipinski definition) is 1. The normalized spacial score (nSPS) is 18.4. The molecule has 1 aliphatic heterocycles. The zero-order valence-corrected chi connectivity index (χ0v) is 13.8. The highest BCUT2D eigenvalue weighted by Gasteiger charge is 2.19. The van der Waals surface area contributed by atoms with Gasteiger partial charge in [-0.3, -0.25) is 0 Å². The van der Waals surface area contributed by atoms with Crippen molar-refractivity contribution in [2.75, 3.05) is 13.1 Å². The van der Waals surface area contributed by atoms with E-state index in [1.54, 1.807) is 0 Å². The number of para-hydroxylation sites is 1. The van der Waals surface area contributed by atoms with Gasteiger partial charge in [0.15, 0.2) is 0 Å². The van der Waals surface area contributed by atoms with Crippen molar-refractivity contribution in [1.82, 2.24) is 9.88 Å². The molecule has 3 aromatic rings. The number of aryl methyl sites for hydroxylation is 1. The van der Waals surface area contributed by atoms with Crippen molar-refractivity contribution in [2.24, 2.45) is 0 Å². The maximum Gasteiger partial charge on any atom is 0.0486 e. The predicted molar refractivity (Wildman–Crippen MR) is 97.1 cm³/mol. The molecule has 0 spiro atoms. The fraction of sp³-hybridized carbons (Fsp3) is 0.333. The lowest BCUT2D eigenvalue weighted by atomic mass is 9.91. The molecule has 1 N–H and O–H groups in total. The zero-order valence-electron chi connectivity index (χ0n) is 13.8. The molecule has 1 unspecified atom stereocenters. The lowest BCUT2D eigenvalue weighted by Crippen LogP contribution is -2.28. The minimum Gasteiger partial charge on any atom is -0.343 e. The Kier molecular flexibility index (Phi) is 3.92. The van der Waals surface area contributed by atoms with Crippen LogP contribution in [-0.2, 0) is 6.54 Å². The number of benzene rings is 2. The number of nitrogens with one attached hydrogen (secondary N) is 1. The predicted octanol–water partition coefficient (Wildman–Crippen LogP) is 4.47. The molecule has 2 nitrogen and oxygen atoms in total. The Balaban J connectivity index is 1.73. The summed E-state index contributed by atoms with van der Waals surface area (Å²) in [6.07, 6.45) is 4.97. The molecule has 4 rings (SSSR count). The van der Waals surface area contributed by atoms with Crippen LogP contribution in [0.2, 0.25) is 0 Å². The molecule has 0 radical (unpaired) electrons. The van der Waals surface area contributed by atoms with Gasteiger partial charge in [-0.25, -0.2) is 0 Å². The SMILES string of the molecule is Cc1ccc(Cn2cc(C3CCCNC3)c3ccccc32)cc1. The van der Waals surface area contributed by atoms with E-state index in [-0.39, 0.29) is 0 Å². The van der Waals surface area contributed by atoms with Gasteiger partial charge >= 0.3 is 0 Å². The summed E-state index contributed by atoms with van der Waals surface area (Å²) in [6.45, 7) is 5.36. The van der Waals surface area contributed by atoms with E-state index in [1.807, 2.05) is 0 Å². The van der Waals surface area contributed by atoms with E-state index in [0.717, 1.165) is 13.1 Å². The molecular weight excluding hydrogens is 280 g/mol. The first kappa shape index (κ1) is 14.5. The molecule has 1 aliphatic rings. The fourth-order valence-corrected chi connectivity index (χ4v) is 3.74. The van der Waals surface area contributed by atoms with Crippen molar-refractivity contribution in [3.05, 3.63) is 71.4 Å². The highest BCUT2D eigenvalue weighted by Crippen LogP contribution is 2.32. The number of nitrogens with zero attached hydrogens (tertiary/aromatic N) is 1. The van der Waals surface area contributed by atoms with Crippen LogP contribution in [0.1, 0.15) is 35.4 Å². The highest BCUT2D eigenvalue weighted by atomic mass is 15.0. The third kappa shape index (κ3) is 2.91. The number of aromatic nitrogens is 1. The van der Waals surface area contributed by atoms with E-state index in [9.17, 15) is 0 Å². The Hall–Kier alpha value is -2.06. The molecule has 0 amide bonds. The number of fused-ring (bicyclic) bond motifs is 1. The van der Waals surface area contributed by atoms with Gasteiger partial charge in [0.05, 0.1) is 0 Å². The number of rotatable bonds is 3. The lowest BCUT2D eigenvalue weighted by molar-refractivity contribution is 0.463. The molecule has 23 heavy (non-hydrogen) atoms. The maximum atomic E-state index is 3.55. The fourth-order valence-electron chi connectivity index (χ4n) is 3.74. The van der Waals surface area contributed by atoms with Crippen LogP contribution in [0.25, 0.3) is 10.9 Å².